The van der Waals surface area contributed by atoms with E-state index in [1.807, 2.05) is 6.07 Å². The standard InChI is InChI=1S/C16H23ClN2/c1-2-12-7-8-19(11-12)16-9-14(17)4-3-13(16)10-18-15-5-6-15/h3-4,9,12,15,18H,2,5-8,10-11H2,1H3. The van der Waals surface area contributed by atoms with Crippen LogP contribution in [-0.2, 0) is 6.54 Å². The Morgan fingerprint density at radius 2 is 2.16 bits per heavy atom. The predicted molar refractivity (Wildman–Crippen MR) is 81.9 cm³/mol. The summed E-state index contributed by atoms with van der Waals surface area (Å²) in [6.07, 6.45) is 5.28. The highest BCUT2D eigenvalue weighted by Crippen LogP contribution is 2.31. The monoisotopic (exact) mass is 278 g/mol. The lowest BCUT2D eigenvalue weighted by molar-refractivity contribution is 0.569. The molecular weight excluding hydrogens is 256 g/mol. The molecule has 1 aromatic carbocycles. The Labute approximate surface area is 121 Å². The molecule has 3 heteroatoms. The fourth-order valence-electron chi connectivity index (χ4n) is 2.91. The van der Waals surface area contributed by atoms with Gasteiger partial charge >= 0.3 is 0 Å². The molecule has 1 heterocycles. The highest BCUT2D eigenvalue weighted by Gasteiger charge is 2.24. The molecule has 1 saturated heterocycles. The van der Waals surface area contributed by atoms with Crippen molar-refractivity contribution < 1.29 is 0 Å². The van der Waals surface area contributed by atoms with Crippen LogP contribution in [0.1, 0.15) is 38.2 Å². The van der Waals surface area contributed by atoms with Gasteiger partial charge in [-0.25, -0.2) is 0 Å². The quantitative estimate of drug-likeness (QED) is 0.881. The summed E-state index contributed by atoms with van der Waals surface area (Å²) in [5.41, 5.74) is 2.74. The second-order valence-electron chi connectivity index (χ2n) is 5.94. The van der Waals surface area contributed by atoms with Gasteiger partial charge in [0.15, 0.2) is 0 Å². The molecule has 3 rings (SSSR count). The average Bonchev–Trinajstić information content (AvgIpc) is 3.13. The molecule has 1 unspecified atom stereocenters. The normalized spacial score (nSPS) is 23.1. The molecule has 1 atom stereocenters. The lowest BCUT2D eigenvalue weighted by atomic mass is 10.1. The van der Waals surface area contributed by atoms with Crippen molar-refractivity contribution in [3.05, 3.63) is 28.8 Å². The third-order valence-electron chi connectivity index (χ3n) is 4.41. The van der Waals surface area contributed by atoms with Gasteiger partial charge in [-0.05, 0) is 42.9 Å². The number of anilines is 1. The molecule has 0 aromatic heterocycles. The summed E-state index contributed by atoms with van der Waals surface area (Å²) in [4.78, 5) is 2.52. The molecule has 0 amide bonds. The number of hydrogen-bond acceptors (Lipinski definition) is 2. The first-order valence-corrected chi connectivity index (χ1v) is 7.91. The fourth-order valence-corrected chi connectivity index (χ4v) is 3.07. The number of nitrogens with zero attached hydrogens (tertiary/aromatic N) is 1. The third-order valence-corrected chi connectivity index (χ3v) is 4.64. The van der Waals surface area contributed by atoms with Crippen molar-refractivity contribution in [2.24, 2.45) is 5.92 Å². The highest BCUT2D eigenvalue weighted by molar-refractivity contribution is 6.30. The van der Waals surface area contributed by atoms with Crippen molar-refractivity contribution in [2.75, 3.05) is 18.0 Å². The van der Waals surface area contributed by atoms with E-state index in [0.29, 0.717) is 0 Å². The van der Waals surface area contributed by atoms with E-state index < -0.39 is 0 Å². The number of benzene rings is 1. The van der Waals surface area contributed by atoms with Crippen molar-refractivity contribution in [3.63, 3.8) is 0 Å². The lowest BCUT2D eigenvalue weighted by Crippen LogP contribution is -2.23. The smallest absolute Gasteiger partial charge is 0.0426 e. The van der Waals surface area contributed by atoms with Gasteiger partial charge in [0.2, 0.25) is 0 Å². The van der Waals surface area contributed by atoms with E-state index in [1.54, 1.807) is 0 Å². The van der Waals surface area contributed by atoms with Crippen LogP contribution in [-0.4, -0.2) is 19.1 Å². The molecule has 104 valence electrons. The summed E-state index contributed by atoms with van der Waals surface area (Å²) in [5, 5.41) is 4.46. The van der Waals surface area contributed by atoms with Crippen molar-refractivity contribution >= 4 is 17.3 Å². The minimum Gasteiger partial charge on any atom is -0.371 e. The summed E-state index contributed by atoms with van der Waals surface area (Å²) in [7, 11) is 0. The van der Waals surface area contributed by atoms with Crippen LogP contribution in [0.15, 0.2) is 18.2 Å². The largest absolute Gasteiger partial charge is 0.371 e. The molecule has 1 saturated carbocycles. The second kappa shape index (κ2) is 5.72. The van der Waals surface area contributed by atoms with Gasteiger partial charge in [0.1, 0.15) is 0 Å². The zero-order valence-electron chi connectivity index (χ0n) is 11.7. The van der Waals surface area contributed by atoms with Crippen molar-refractivity contribution in [1.82, 2.24) is 5.32 Å². The molecule has 0 radical (unpaired) electrons. The Balaban J connectivity index is 1.75. The van der Waals surface area contributed by atoms with Crippen molar-refractivity contribution in [3.8, 4) is 0 Å². The Hall–Kier alpha value is -0.730. The van der Waals surface area contributed by atoms with Crippen LogP contribution in [0.3, 0.4) is 0 Å². The summed E-state index contributed by atoms with van der Waals surface area (Å²) >= 11 is 6.19. The molecule has 2 aliphatic rings. The zero-order valence-corrected chi connectivity index (χ0v) is 12.4. The third kappa shape index (κ3) is 3.24. The van der Waals surface area contributed by atoms with Crippen LogP contribution >= 0.6 is 11.6 Å². The maximum atomic E-state index is 6.19. The average molecular weight is 279 g/mol. The van der Waals surface area contributed by atoms with E-state index in [-0.39, 0.29) is 0 Å². The van der Waals surface area contributed by atoms with Crippen LogP contribution in [0.5, 0.6) is 0 Å². The first kappa shape index (κ1) is 13.3. The maximum Gasteiger partial charge on any atom is 0.0426 e. The maximum absolute atomic E-state index is 6.19. The van der Waals surface area contributed by atoms with Gasteiger partial charge in [-0.15, -0.1) is 0 Å². The summed E-state index contributed by atoms with van der Waals surface area (Å²) in [5.74, 6) is 0.850. The molecule has 1 aliphatic carbocycles. The molecule has 2 nitrogen and oxygen atoms in total. The van der Waals surface area contributed by atoms with Crippen LogP contribution in [0.2, 0.25) is 5.02 Å². The topological polar surface area (TPSA) is 15.3 Å². The van der Waals surface area contributed by atoms with Gasteiger partial charge in [-0.3, -0.25) is 0 Å². The molecule has 19 heavy (non-hydrogen) atoms. The van der Waals surface area contributed by atoms with Gasteiger partial charge in [0.25, 0.3) is 0 Å². The Morgan fingerprint density at radius 1 is 1.32 bits per heavy atom. The second-order valence-corrected chi connectivity index (χ2v) is 6.37. The van der Waals surface area contributed by atoms with Crippen LogP contribution in [0.25, 0.3) is 0 Å². The van der Waals surface area contributed by atoms with E-state index in [0.717, 1.165) is 23.5 Å². The molecule has 1 aliphatic heterocycles. The van der Waals surface area contributed by atoms with Gasteiger partial charge in [0, 0.05) is 36.4 Å². The van der Waals surface area contributed by atoms with E-state index in [4.69, 9.17) is 11.6 Å². The summed E-state index contributed by atoms with van der Waals surface area (Å²) in [6.45, 7) is 5.63. The minimum atomic E-state index is 0.755. The Bertz CT molecular complexity index is 442. The van der Waals surface area contributed by atoms with Crippen molar-refractivity contribution in [2.45, 2.75) is 45.2 Å². The molecule has 1 N–H and O–H groups in total. The van der Waals surface area contributed by atoms with Gasteiger partial charge in [-0.1, -0.05) is 31.0 Å². The first-order valence-electron chi connectivity index (χ1n) is 7.53. The van der Waals surface area contributed by atoms with E-state index in [1.165, 1.54) is 50.0 Å². The van der Waals surface area contributed by atoms with E-state index >= 15 is 0 Å². The summed E-state index contributed by atoms with van der Waals surface area (Å²) in [6, 6.07) is 7.10. The van der Waals surface area contributed by atoms with Gasteiger partial charge in [0.05, 0.1) is 0 Å². The number of rotatable bonds is 5. The van der Waals surface area contributed by atoms with Gasteiger partial charge < -0.3 is 10.2 Å². The molecule has 2 fully saturated rings. The minimum absolute atomic E-state index is 0.755. The van der Waals surface area contributed by atoms with Crippen LogP contribution < -0.4 is 10.2 Å². The molecule has 0 spiro atoms. The number of halogens is 1. The molecular formula is C16H23ClN2. The van der Waals surface area contributed by atoms with E-state index in [9.17, 15) is 0 Å². The van der Waals surface area contributed by atoms with Crippen molar-refractivity contribution in [1.29, 1.82) is 0 Å². The number of nitrogens with one attached hydrogen (secondary N) is 1. The molecule has 1 aromatic rings. The van der Waals surface area contributed by atoms with Crippen LogP contribution in [0.4, 0.5) is 5.69 Å². The fraction of sp³-hybridized carbons (Fsp3) is 0.625. The Morgan fingerprint density at radius 3 is 2.84 bits per heavy atom. The SMILES string of the molecule is CCC1CCN(c2cc(Cl)ccc2CNC2CC2)C1. The molecule has 0 bridgehead atoms. The zero-order chi connectivity index (χ0) is 13.2. The highest BCUT2D eigenvalue weighted by atomic mass is 35.5. The van der Waals surface area contributed by atoms with E-state index in [2.05, 4.69) is 29.3 Å². The summed E-state index contributed by atoms with van der Waals surface area (Å²) < 4.78 is 0. The first-order chi connectivity index (χ1) is 9.26. The lowest BCUT2D eigenvalue weighted by Gasteiger charge is -2.22. The van der Waals surface area contributed by atoms with Gasteiger partial charge in [-0.2, -0.15) is 0 Å². The Kier molecular flexibility index (Phi) is 3.99. The predicted octanol–water partition coefficient (Wildman–Crippen LogP) is 3.83. The number of hydrogen-bond donors (Lipinski definition) is 1. The van der Waals surface area contributed by atoms with Crippen LogP contribution in [0, 0.1) is 5.92 Å².